The van der Waals surface area contributed by atoms with Crippen LogP contribution in [0.2, 0.25) is 0 Å². The molecule has 0 atom stereocenters. The number of rotatable bonds is 7. The Hall–Kier alpha value is -2.04. The summed E-state index contributed by atoms with van der Waals surface area (Å²) in [6, 6.07) is 5.66. The first kappa shape index (κ1) is 21.0. The second kappa shape index (κ2) is 10.7. The van der Waals surface area contributed by atoms with Crippen LogP contribution in [0.5, 0.6) is 11.5 Å². The molecule has 8 nitrogen and oxygen atoms in total. The number of aromatic nitrogens is 2. The van der Waals surface area contributed by atoms with Gasteiger partial charge in [-0.3, -0.25) is 0 Å². The largest absolute Gasteiger partial charge is 0.497 e. The van der Waals surface area contributed by atoms with Gasteiger partial charge in [-0.05, 0) is 19.1 Å². The van der Waals surface area contributed by atoms with Crippen LogP contribution in [0.15, 0.2) is 27.7 Å². The van der Waals surface area contributed by atoms with Gasteiger partial charge in [0.2, 0.25) is 5.89 Å². The van der Waals surface area contributed by atoms with E-state index in [0.717, 1.165) is 23.6 Å². The van der Waals surface area contributed by atoms with Gasteiger partial charge in [-0.1, -0.05) is 5.16 Å². The van der Waals surface area contributed by atoms with Crippen molar-refractivity contribution >= 4 is 29.9 Å². The van der Waals surface area contributed by atoms with Crippen molar-refractivity contribution in [1.82, 2.24) is 20.8 Å². The third kappa shape index (κ3) is 6.40. The predicted octanol–water partition coefficient (Wildman–Crippen LogP) is 2.27. The zero-order valence-corrected chi connectivity index (χ0v) is 17.2. The maximum absolute atomic E-state index is 5.39. The lowest BCUT2D eigenvalue weighted by Gasteiger charge is -2.11. The van der Waals surface area contributed by atoms with Crippen molar-refractivity contribution in [2.45, 2.75) is 26.9 Å². The Kier molecular flexibility index (Phi) is 9.03. The minimum atomic E-state index is 0. The smallest absolute Gasteiger partial charge is 0.223 e. The summed E-state index contributed by atoms with van der Waals surface area (Å²) in [5.41, 5.74) is 0.964. The van der Waals surface area contributed by atoms with Gasteiger partial charge in [0.15, 0.2) is 11.8 Å². The van der Waals surface area contributed by atoms with Crippen molar-refractivity contribution in [3.63, 3.8) is 0 Å². The maximum atomic E-state index is 5.39. The van der Waals surface area contributed by atoms with Gasteiger partial charge in [0.1, 0.15) is 11.5 Å². The van der Waals surface area contributed by atoms with Gasteiger partial charge in [-0.25, -0.2) is 4.99 Å². The second-order valence-corrected chi connectivity index (χ2v) is 4.96. The zero-order chi connectivity index (χ0) is 17.4. The molecule has 1 aromatic heterocycles. The fourth-order valence-electron chi connectivity index (χ4n) is 2.06. The Morgan fingerprint density at radius 3 is 2.64 bits per heavy atom. The molecule has 2 N–H and O–H groups in total. The number of aryl methyl sites for hydroxylation is 1. The van der Waals surface area contributed by atoms with Crippen LogP contribution in [0.1, 0.15) is 24.2 Å². The lowest BCUT2D eigenvalue weighted by molar-refractivity contribution is 0.387. The molecule has 0 saturated carbocycles. The van der Waals surface area contributed by atoms with E-state index in [-0.39, 0.29) is 24.0 Å². The number of nitrogens with zero attached hydrogens (tertiary/aromatic N) is 3. The molecule has 0 aliphatic rings. The van der Waals surface area contributed by atoms with Crippen LogP contribution in [0.4, 0.5) is 0 Å². The molecule has 2 rings (SSSR count). The van der Waals surface area contributed by atoms with E-state index in [1.54, 1.807) is 21.1 Å². The Bertz CT molecular complexity index is 690. The number of halogens is 1. The quantitative estimate of drug-likeness (QED) is 0.371. The van der Waals surface area contributed by atoms with Gasteiger partial charge >= 0.3 is 0 Å². The van der Waals surface area contributed by atoms with Crippen LogP contribution < -0.4 is 20.1 Å². The lowest BCUT2D eigenvalue weighted by Crippen LogP contribution is -2.37. The first-order chi connectivity index (χ1) is 11.7. The molecule has 25 heavy (non-hydrogen) atoms. The molecule has 0 saturated heterocycles. The number of hydrogen-bond acceptors (Lipinski definition) is 6. The molecule has 0 radical (unpaired) electrons. The van der Waals surface area contributed by atoms with Crippen molar-refractivity contribution in [3.8, 4) is 11.5 Å². The standard InChI is InChI=1S/C16H23N5O3.HI/c1-5-17-16(19-10-15-20-11(2)24-21-15)18-9-12-6-7-13(22-3)8-14(12)23-4;/h6-8H,5,9-10H2,1-4H3,(H2,17,18,19);1H. The van der Waals surface area contributed by atoms with Gasteiger partial charge in [-0.2, -0.15) is 4.98 Å². The molecule has 9 heteroatoms. The van der Waals surface area contributed by atoms with Crippen molar-refractivity contribution in [3.05, 3.63) is 35.5 Å². The third-order valence-electron chi connectivity index (χ3n) is 3.23. The molecule has 0 amide bonds. The summed E-state index contributed by atoms with van der Waals surface area (Å²) in [6.45, 7) is 5.41. The van der Waals surface area contributed by atoms with E-state index in [4.69, 9.17) is 14.0 Å². The van der Waals surface area contributed by atoms with Crippen molar-refractivity contribution in [1.29, 1.82) is 0 Å². The second-order valence-electron chi connectivity index (χ2n) is 4.96. The molecule has 0 unspecified atom stereocenters. The fourth-order valence-corrected chi connectivity index (χ4v) is 2.06. The van der Waals surface area contributed by atoms with Crippen LogP contribution in [-0.4, -0.2) is 36.9 Å². The molecule has 2 aromatic rings. The van der Waals surface area contributed by atoms with Crippen LogP contribution in [0.25, 0.3) is 0 Å². The lowest BCUT2D eigenvalue weighted by atomic mass is 10.2. The number of methoxy groups -OCH3 is 2. The van der Waals surface area contributed by atoms with Crippen molar-refractivity contribution < 1.29 is 14.0 Å². The van der Waals surface area contributed by atoms with Crippen LogP contribution in [0.3, 0.4) is 0 Å². The SMILES string of the molecule is CCNC(=NCc1ccc(OC)cc1OC)NCc1noc(C)n1.I. The van der Waals surface area contributed by atoms with E-state index in [2.05, 4.69) is 25.8 Å². The summed E-state index contributed by atoms with van der Waals surface area (Å²) in [5.74, 6) is 3.27. The van der Waals surface area contributed by atoms with Crippen molar-refractivity contribution in [2.75, 3.05) is 20.8 Å². The highest BCUT2D eigenvalue weighted by Gasteiger charge is 2.07. The first-order valence-electron chi connectivity index (χ1n) is 7.68. The number of aliphatic imine (C=N–C) groups is 1. The first-order valence-corrected chi connectivity index (χ1v) is 7.68. The Labute approximate surface area is 164 Å². The Morgan fingerprint density at radius 1 is 1.24 bits per heavy atom. The molecule has 1 heterocycles. The van der Waals surface area contributed by atoms with Crippen molar-refractivity contribution in [2.24, 2.45) is 4.99 Å². The number of hydrogen-bond donors (Lipinski definition) is 2. The summed E-state index contributed by atoms with van der Waals surface area (Å²) < 4.78 is 15.5. The molecule has 138 valence electrons. The highest BCUT2D eigenvalue weighted by molar-refractivity contribution is 14.0. The Balaban J connectivity index is 0.00000312. The predicted molar refractivity (Wildman–Crippen MR) is 106 cm³/mol. The van der Waals surface area contributed by atoms with Gasteiger partial charge in [0.25, 0.3) is 0 Å². The summed E-state index contributed by atoms with van der Waals surface area (Å²) in [5, 5.41) is 10.2. The maximum Gasteiger partial charge on any atom is 0.223 e. The average molecular weight is 461 g/mol. The molecule has 0 aliphatic heterocycles. The summed E-state index contributed by atoms with van der Waals surface area (Å²) in [4.78, 5) is 8.71. The van der Waals surface area contributed by atoms with Gasteiger partial charge in [0, 0.05) is 25.1 Å². The van der Waals surface area contributed by atoms with Gasteiger partial charge in [0.05, 0.1) is 27.3 Å². The number of nitrogens with one attached hydrogen (secondary N) is 2. The molecular weight excluding hydrogens is 437 g/mol. The highest BCUT2D eigenvalue weighted by Crippen LogP contribution is 2.25. The minimum absolute atomic E-state index is 0. The number of benzene rings is 1. The zero-order valence-electron chi connectivity index (χ0n) is 14.8. The van der Waals surface area contributed by atoms with Crippen LogP contribution in [-0.2, 0) is 13.1 Å². The van der Waals surface area contributed by atoms with E-state index in [1.807, 2.05) is 25.1 Å². The van der Waals surface area contributed by atoms with E-state index in [0.29, 0.717) is 30.8 Å². The minimum Gasteiger partial charge on any atom is -0.497 e. The van der Waals surface area contributed by atoms with Gasteiger partial charge in [-0.15, -0.1) is 24.0 Å². The topological polar surface area (TPSA) is 93.8 Å². The third-order valence-corrected chi connectivity index (χ3v) is 3.23. The molecule has 0 bridgehead atoms. The van der Waals surface area contributed by atoms with E-state index >= 15 is 0 Å². The molecular formula is C16H24IN5O3. The number of ether oxygens (including phenoxy) is 2. The van der Waals surface area contributed by atoms with Crippen LogP contribution in [0, 0.1) is 6.92 Å². The fraction of sp³-hybridized carbons (Fsp3) is 0.438. The summed E-state index contributed by atoms with van der Waals surface area (Å²) >= 11 is 0. The molecule has 1 aromatic carbocycles. The monoisotopic (exact) mass is 461 g/mol. The van der Waals surface area contributed by atoms with E-state index in [9.17, 15) is 0 Å². The highest BCUT2D eigenvalue weighted by atomic mass is 127. The van der Waals surface area contributed by atoms with Crippen LogP contribution >= 0.6 is 24.0 Å². The van der Waals surface area contributed by atoms with Gasteiger partial charge < -0.3 is 24.6 Å². The van der Waals surface area contributed by atoms with E-state index < -0.39 is 0 Å². The molecule has 0 spiro atoms. The normalized spacial score (nSPS) is 10.8. The summed E-state index contributed by atoms with van der Waals surface area (Å²) in [6.07, 6.45) is 0. The van der Waals surface area contributed by atoms with E-state index in [1.165, 1.54) is 0 Å². The average Bonchev–Trinajstić information content (AvgIpc) is 3.02. The molecule has 0 aliphatic carbocycles. The summed E-state index contributed by atoms with van der Waals surface area (Å²) in [7, 11) is 3.25. The Morgan fingerprint density at radius 2 is 2.04 bits per heavy atom. The number of guanidine groups is 1. The molecule has 0 fully saturated rings.